The molecule has 2 nitrogen and oxygen atoms in total. The number of methoxy groups -OCH3 is 2. The van der Waals surface area contributed by atoms with Crippen molar-refractivity contribution >= 4 is 0 Å². The molecular weight excluding hydrogens is 200 g/mol. The van der Waals surface area contributed by atoms with E-state index in [2.05, 4.69) is 6.58 Å². The Morgan fingerprint density at radius 1 is 1.19 bits per heavy atom. The summed E-state index contributed by atoms with van der Waals surface area (Å²) < 4.78 is 10.9. The predicted octanol–water partition coefficient (Wildman–Crippen LogP) is 3.03. The van der Waals surface area contributed by atoms with Crippen molar-refractivity contribution in [1.82, 2.24) is 0 Å². The lowest BCUT2D eigenvalue weighted by atomic mass is 9.70. The highest BCUT2D eigenvalue weighted by atomic mass is 16.5. The zero-order valence-corrected chi connectivity index (χ0v) is 10.6. The van der Waals surface area contributed by atoms with Gasteiger partial charge < -0.3 is 9.47 Å². The van der Waals surface area contributed by atoms with Gasteiger partial charge in [0, 0.05) is 19.6 Å². The molecule has 2 aliphatic rings. The van der Waals surface area contributed by atoms with Crippen molar-refractivity contribution in [2.75, 3.05) is 27.4 Å². The van der Waals surface area contributed by atoms with Crippen LogP contribution in [-0.4, -0.2) is 27.4 Å². The Kier molecular flexibility index (Phi) is 3.70. The summed E-state index contributed by atoms with van der Waals surface area (Å²) in [5.74, 6) is 1.48. The lowest BCUT2D eigenvalue weighted by Gasteiger charge is -2.38. The minimum Gasteiger partial charge on any atom is -0.384 e. The number of hydrogen-bond donors (Lipinski definition) is 0. The fourth-order valence-electron chi connectivity index (χ4n) is 4.00. The molecule has 0 heterocycles. The van der Waals surface area contributed by atoms with Crippen LogP contribution < -0.4 is 0 Å². The lowest BCUT2D eigenvalue weighted by Crippen LogP contribution is -2.38. The van der Waals surface area contributed by atoms with Gasteiger partial charge in [0.1, 0.15) is 0 Å². The molecule has 0 spiro atoms. The number of hydrogen-bond acceptors (Lipinski definition) is 2. The van der Waals surface area contributed by atoms with Crippen LogP contribution in [0.15, 0.2) is 12.2 Å². The smallest absolute Gasteiger partial charge is 0.0546 e. The van der Waals surface area contributed by atoms with Gasteiger partial charge >= 0.3 is 0 Å². The Labute approximate surface area is 99.0 Å². The van der Waals surface area contributed by atoms with Crippen molar-refractivity contribution in [3.63, 3.8) is 0 Å². The second-order valence-corrected chi connectivity index (χ2v) is 5.56. The third-order valence-electron chi connectivity index (χ3n) is 4.52. The van der Waals surface area contributed by atoms with Gasteiger partial charge in [-0.05, 0) is 31.1 Å². The van der Waals surface area contributed by atoms with Crippen LogP contribution in [0.4, 0.5) is 0 Å². The van der Waals surface area contributed by atoms with Gasteiger partial charge in [-0.15, -0.1) is 0 Å². The quantitative estimate of drug-likeness (QED) is 0.683. The fourth-order valence-corrected chi connectivity index (χ4v) is 4.00. The Bertz CT molecular complexity index is 253. The minimum atomic E-state index is 0.214. The summed E-state index contributed by atoms with van der Waals surface area (Å²) in [4.78, 5) is 0. The maximum atomic E-state index is 5.46. The van der Waals surface area contributed by atoms with Gasteiger partial charge in [0.25, 0.3) is 0 Å². The van der Waals surface area contributed by atoms with E-state index in [1.807, 2.05) is 0 Å². The van der Waals surface area contributed by atoms with Crippen molar-refractivity contribution in [2.45, 2.75) is 32.1 Å². The SMILES string of the molecule is C=C1CC(COC)(COC)[C@@H]2CCCC[C@@H]12. The molecule has 0 aromatic heterocycles. The standard InChI is InChI=1S/C14H24O2/c1-11-8-14(9-15-2,10-16-3)13-7-5-4-6-12(11)13/h12-13H,1,4-10H2,2-3H3/t12-,13+/m0/s1. The molecule has 0 unspecified atom stereocenters. The summed E-state index contributed by atoms with van der Waals surface area (Å²) in [6.07, 6.45) is 6.50. The first-order chi connectivity index (χ1) is 7.73. The molecule has 2 saturated carbocycles. The summed E-state index contributed by atoms with van der Waals surface area (Å²) in [5, 5.41) is 0. The van der Waals surface area contributed by atoms with Crippen LogP contribution in [-0.2, 0) is 9.47 Å². The van der Waals surface area contributed by atoms with E-state index in [1.54, 1.807) is 14.2 Å². The molecule has 92 valence electrons. The normalized spacial score (nSPS) is 32.8. The zero-order chi connectivity index (χ0) is 11.6. The maximum Gasteiger partial charge on any atom is 0.0546 e. The van der Waals surface area contributed by atoms with Gasteiger partial charge in [-0.1, -0.05) is 25.0 Å². The predicted molar refractivity (Wildman–Crippen MR) is 65.4 cm³/mol. The van der Waals surface area contributed by atoms with E-state index in [1.165, 1.54) is 31.3 Å². The first kappa shape index (κ1) is 12.1. The Hall–Kier alpha value is -0.340. The molecule has 0 bridgehead atoms. The van der Waals surface area contributed by atoms with Crippen LogP contribution in [0.25, 0.3) is 0 Å². The molecule has 2 aliphatic carbocycles. The fraction of sp³-hybridized carbons (Fsp3) is 0.857. The molecule has 0 saturated heterocycles. The molecule has 0 aromatic rings. The van der Waals surface area contributed by atoms with E-state index < -0.39 is 0 Å². The number of allylic oxidation sites excluding steroid dienone is 1. The molecule has 0 amide bonds. The van der Waals surface area contributed by atoms with E-state index in [0.717, 1.165) is 31.5 Å². The monoisotopic (exact) mass is 224 g/mol. The highest BCUT2D eigenvalue weighted by Crippen LogP contribution is 2.55. The highest BCUT2D eigenvalue weighted by molar-refractivity contribution is 5.18. The molecule has 2 fully saturated rings. The van der Waals surface area contributed by atoms with Gasteiger partial charge in [0.15, 0.2) is 0 Å². The van der Waals surface area contributed by atoms with Crippen LogP contribution in [0.2, 0.25) is 0 Å². The lowest BCUT2D eigenvalue weighted by molar-refractivity contribution is -0.0299. The molecule has 16 heavy (non-hydrogen) atoms. The van der Waals surface area contributed by atoms with Gasteiger partial charge in [-0.25, -0.2) is 0 Å². The minimum absolute atomic E-state index is 0.214. The average Bonchev–Trinajstić information content (AvgIpc) is 2.55. The second-order valence-electron chi connectivity index (χ2n) is 5.56. The molecule has 0 radical (unpaired) electrons. The van der Waals surface area contributed by atoms with Crippen LogP contribution in [0.5, 0.6) is 0 Å². The Balaban J connectivity index is 2.20. The maximum absolute atomic E-state index is 5.46. The summed E-state index contributed by atoms with van der Waals surface area (Å²) >= 11 is 0. The van der Waals surface area contributed by atoms with Crippen molar-refractivity contribution in [1.29, 1.82) is 0 Å². The van der Waals surface area contributed by atoms with E-state index in [0.29, 0.717) is 0 Å². The van der Waals surface area contributed by atoms with E-state index >= 15 is 0 Å². The van der Waals surface area contributed by atoms with Crippen molar-refractivity contribution < 1.29 is 9.47 Å². The van der Waals surface area contributed by atoms with Gasteiger partial charge in [-0.3, -0.25) is 0 Å². The van der Waals surface area contributed by atoms with Crippen LogP contribution >= 0.6 is 0 Å². The third kappa shape index (κ3) is 1.93. The number of ether oxygens (including phenoxy) is 2. The Morgan fingerprint density at radius 2 is 1.81 bits per heavy atom. The van der Waals surface area contributed by atoms with Crippen molar-refractivity contribution in [3.8, 4) is 0 Å². The van der Waals surface area contributed by atoms with Crippen LogP contribution in [0.3, 0.4) is 0 Å². The highest BCUT2D eigenvalue weighted by Gasteiger charge is 2.50. The van der Waals surface area contributed by atoms with Crippen LogP contribution in [0.1, 0.15) is 32.1 Å². The Morgan fingerprint density at radius 3 is 2.44 bits per heavy atom. The first-order valence-electron chi connectivity index (χ1n) is 6.39. The largest absolute Gasteiger partial charge is 0.384 e. The molecule has 2 rings (SSSR count). The summed E-state index contributed by atoms with van der Waals surface area (Å²) in [5.41, 5.74) is 1.66. The summed E-state index contributed by atoms with van der Waals surface area (Å²) in [6, 6.07) is 0. The molecule has 0 N–H and O–H groups in total. The molecule has 2 heteroatoms. The van der Waals surface area contributed by atoms with Gasteiger partial charge in [-0.2, -0.15) is 0 Å². The summed E-state index contributed by atoms with van der Waals surface area (Å²) in [7, 11) is 3.60. The molecular formula is C14H24O2. The third-order valence-corrected chi connectivity index (χ3v) is 4.52. The molecule has 0 aromatic carbocycles. The van der Waals surface area contributed by atoms with E-state index in [-0.39, 0.29) is 5.41 Å². The number of fused-ring (bicyclic) bond motifs is 1. The first-order valence-corrected chi connectivity index (χ1v) is 6.39. The second kappa shape index (κ2) is 4.89. The van der Waals surface area contributed by atoms with Gasteiger partial charge in [0.05, 0.1) is 13.2 Å². The van der Waals surface area contributed by atoms with Crippen LogP contribution in [0, 0.1) is 17.3 Å². The van der Waals surface area contributed by atoms with Gasteiger partial charge in [0.2, 0.25) is 0 Å². The van der Waals surface area contributed by atoms with E-state index in [4.69, 9.17) is 9.47 Å². The van der Waals surface area contributed by atoms with Crippen molar-refractivity contribution in [2.24, 2.45) is 17.3 Å². The van der Waals surface area contributed by atoms with Crippen molar-refractivity contribution in [3.05, 3.63) is 12.2 Å². The average molecular weight is 224 g/mol. The molecule has 2 atom stereocenters. The zero-order valence-electron chi connectivity index (χ0n) is 10.6. The van der Waals surface area contributed by atoms with E-state index in [9.17, 15) is 0 Å². The topological polar surface area (TPSA) is 18.5 Å². The molecule has 0 aliphatic heterocycles. The number of rotatable bonds is 4. The summed E-state index contributed by atoms with van der Waals surface area (Å²) in [6.45, 7) is 5.93.